The Kier molecular flexibility index (Phi) is 13.1. The van der Waals surface area contributed by atoms with E-state index in [0.29, 0.717) is 48.9 Å². The molecular formula is C15H25IN2O4. The maximum atomic E-state index is 11.3. The largest absolute Gasteiger partial charge is 0.461 e. The SMILES string of the molecule is C=C(C)C(=O)OCCNCCC=CC(=O)OCCN[C@H](C)I. The third-order valence-corrected chi connectivity index (χ3v) is 2.81. The monoisotopic (exact) mass is 424 g/mol. The Hall–Kier alpha value is -0.930. The molecule has 0 aromatic carbocycles. The molecule has 0 bridgehead atoms. The second kappa shape index (κ2) is 13.7. The van der Waals surface area contributed by atoms with Crippen LogP contribution in [0.15, 0.2) is 24.3 Å². The van der Waals surface area contributed by atoms with Crippen LogP contribution >= 0.6 is 22.6 Å². The van der Waals surface area contributed by atoms with Crippen LogP contribution in [0.2, 0.25) is 0 Å². The molecular weight excluding hydrogens is 399 g/mol. The molecule has 0 rings (SSSR count). The van der Waals surface area contributed by atoms with Gasteiger partial charge in [0.25, 0.3) is 0 Å². The Labute approximate surface area is 145 Å². The molecule has 0 fully saturated rings. The minimum atomic E-state index is -0.379. The maximum Gasteiger partial charge on any atom is 0.333 e. The van der Waals surface area contributed by atoms with Gasteiger partial charge in [-0.2, -0.15) is 0 Å². The highest BCUT2D eigenvalue weighted by atomic mass is 127. The molecule has 22 heavy (non-hydrogen) atoms. The number of rotatable bonds is 12. The zero-order valence-electron chi connectivity index (χ0n) is 13.2. The van der Waals surface area contributed by atoms with E-state index >= 15 is 0 Å². The van der Waals surface area contributed by atoms with Gasteiger partial charge in [0.1, 0.15) is 13.2 Å². The van der Waals surface area contributed by atoms with E-state index in [4.69, 9.17) is 9.47 Å². The molecule has 1 atom stereocenters. The van der Waals surface area contributed by atoms with Crippen LogP contribution in [-0.2, 0) is 19.1 Å². The fourth-order valence-electron chi connectivity index (χ4n) is 1.29. The number of hydrogen-bond acceptors (Lipinski definition) is 6. The Balaban J connectivity index is 3.44. The molecule has 0 radical (unpaired) electrons. The zero-order chi connectivity index (χ0) is 16.8. The molecule has 0 unspecified atom stereocenters. The van der Waals surface area contributed by atoms with Gasteiger partial charge in [0.15, 0.2) is 0 Å². The predicted molar refractivity (Wildman–Crippen MR) is 94.8 cm³/mol. The lowest BCUT2D eigenvalue weighted by atomic mass is 10.3. The summed E-state index contributed by atoms with van der Waals surface area (Å²) >= 11 is 2.24. The normalized spacial score (nSPS) is 12.1. The van der Waals surface area contributed by atoms with Gasteiger partial charge in [-0.3, -0.25) is 0 Å². The molecule has 0 aliphatic heterocycles. The summed E-state index contributed by atoms with van der Waals surface area (Å²) in [5.74, 6) is -0.714. The standard InChI is InChI=1S/C15H25IN2O4/c1-12(2)15(20)22-10-8-17-7-5-4-6-14(19)21-11-9-18-13(3)16/h4,6,13,17-18H,1,5,7-11H2,2-3H3/t13-/m1/s1. The molecule has 0 heterocycles. The fraction of sp³-hybridized carbons (Fsp3) is 0.600. The smallest absolute Gasteiger partial charge is 0.333 e. The van der Waals surface area contributed by atoms with E-state index in [2.05, 4.69) is 39.8 Å². The summed E-state index contributed by atoms with van der Waals surface area (Å²) in [6.07, 6.45) is 3.88. The number of nitrogens with one attached hydrogen (secondary N) is 2. The van der Waals surface area contributed by atoms with Crippen molar-refractivity contribution in [1.82, 2.24) is 10.6 Å². The van der Waals surface area contributed by atoms with Gasteiger partial charge >= 0.3 is 11.9 Å². The summed E-state index contributed by atoms with van der Waals surface area (Å²) in [6, 6.07) is 0. The minimum Gasteiger partial charge on any atom is -0.461 e. The van der Waals surface area contributed by atoms with Crippen molar-refractivity contribution in [3.63, 3.8) is 0 Å². The number of halogens is 1. The van der Waals surface area contributed by atoms with E-state index in [-0.39, 0.29) is 11.9 Å². The molecule has 0 aromatic rings. The van der Waals surface area contributed by atoms with E-state index in [9.17, 15) is 9.59 Å². The zero-order valence-corrected chi connectivity index (χ0v) is 15.4. The first-order chi connectivity index (χ1) is 10.4. The van der Waals surface area contributed by atoms with Crippen LogP contribution in [0.25, 0.3) is 0 Å². The van der Waals surface area contributed by atoms with Crippen LogP contribution in [0.3, 0.4) is 0 Å². The van der Waals surface area contributed by atoms with Crippen molar-refractivity contribution in [1.29, 1.82) is 0 Å². The molecule has 0 aliphatic rings. The summed E-state index contributed by atoms with van der Waals surface area (Å²) < 4.78 is 10.3. The van der Waals surface area contributed by atoms with Gasteiger partial charge in [-0.1, -0.05) is 35.2 Å². The Bertz CT molecular complexity index is 384. The van der Waals surface area contributed by atoms with Crippen molar-refractivity contribution in [2.45, 2.75) is 24.3 Å². The number of carbonyl (C=O) groups excluding carboxylic acids is 2. The molecule has 7 heteroatoms. The van der Waals surface area contributed by atoms with Crippen LogP contribution in [-0.4, -0.2) is 48.8 Å². The second-order valence-corrected chi connectivity index (χ2v) is 6.46. The fourth-order valence-corrected chi connectivity index (χ4v) is 1.60. The van der Waals surface area contributed by atoms with Crippen LogP contribution in [0.5, 0.6) is 0 Å². The second-order valence-electron chi connectivity index (χ2n) is 4.59. The maximum absolute atomic E-state index is 11.3. The molecule has 0 amide bonds. The topological polar surface area (TPSA) is 76.7 Å². The van der Waals surface area contributed by atoms with Gasteiger partial charge in [0.05, 0.1) is 4.05 Å². The van der Waals surface area contributed by atoms with Crippen molar-refractivity contribution in [2.24, 2.45) is 0 Å². The van der Waals surface area contributed by atoms with Crippen molar-refractivity contribution >= 4 is 34.5 Å². The van der Waals surface area contributed by atoms with E-state index in [1.165, 1.54) is 6.08 Å². The third-order valence-electron chi connectivity index (χ3n) is 2.37. The van der Waals surface area contributed by atoms with Gasteiger partial charge in [-0.25, -0.2) is 9.59 Å². The van der Waals surface area contributed by atoms with Gasteiger partial charge in [0.2, 0.25) is 0 Å². The highest BCUT2D eigenvalue weighted by Gasteiger charge is 2.01. The summed E-state index contributed by atoms with van der Waals surface area (Å²) in [5, 5.41) is 6.24. The highest BCUT2D eigenvalue weighted by molar-refractivity contribution is 14.1. The third kappa shape index (κ3) is 14.0. The van der Waals surface area contributed by atoms with E-state index in [0.717, 1.165) is 0 Å². The number of carbonyl (C=O) groups is 2. The van der Waals surface area contributed by atoms with Crippen molar-refractivity contribution in [2.75, 3.05) is 32.8 Å². The van der Waals surface area contributed by atoms with Crippen molar-refractivity contribution in [3.8, 4) is 0 Å². The molecule has 0 saturated heterocycles. The van der Waals surface area contributed by atoms with Gasteiger partial charge < -0.3 is 20.1 Å². The van der Waals surface area contributed by atoms with Crippen LogP contribution in [0.4, 0.5) is 0 Å². The number of esters is 2. The Morgan fingerprint density at radius 3 is 2.55 bits per heavy atom. The Morgan fingerprint density at radius 2 is 1.91 bits per heavy atom. The molecule has 0 saturated carbocycles. The lowest BCUT2D eigenvalue weighted by Gasteiger charge is -2.06. The summed E-state index contributed by atoms with van der Waals surface area (Å²) in [4.78, 5) is 22.4. The Morgan fingerprint density at radius 1 is 1.23 bits per heavy atom. The molecule has 126 valence electrons. The van der Waals surface area contributed by atoms with Crippen molar-refractivity contribution < 1.29 is 19.1 Å². The molecule has 0 aliphatic carbocycles. The van der Waals surface area contributed by atoms with Gasteiger partial charge in [0, 0.05) is 24.7 Å². The van der Waals surface area contributed by atoms with Crippen LogP contribution in [0, 0.1) is 0 Å². The number of alkyl halides is 1. The summed E-state index contributed by atoms with van der Waals surface area (Å²) in [6.45, 7) is 9.71. The van der Waals surface area contributed by atoms with Crippen LogP contribution < -0.4 is 10.6 Å². The average molecular weight is 424 g/mol. The molecule has 0 aromatic heterocycles. The molecule has 6 nitrogen and oxygen atoms in total. The first kappa shape index (κ1) is 21.1. The minimum absolute atomic E-state index is 0.305. The van der Waals surface area contributed by atoms with E-state index in [1.54, 1.807) is 13.0 Å². The van der Waals surface area contributed by atoms with Crippen molar-refractivity contribution in [3.05, 3.63) is 24.3 Å². The lowest BCUT2D eigenvalue weighted by molar-refractivity contribution is -0.139. The molecule has 2 N–H and O–H groups in total. The van der Waals surface area contributed by atoms with Gasteiger partial charge in [-0.05, 0) is 26.8 Å². The van der Waals surface area contributed by atoms with E-state index < -0.39 is 0 Å². The average Bonchev–Trinajstić information content (AvgIpc) is 2.45. The number of ether oxygens (including phenoxy) is 2. The highest BCUT2D eigenvalue weighted by Crippen LogP contribution is 1.92. The summed E-state index contributed by atoms with van der Waals surface area (Å²) in [5.41, 5.74) is 0.393. The molecule has 0 spiro atoms. The first-order valence-corrected chi connectivity index (χ1v) is 8.42. The predicted octanol–water partition coefficient (Wildman–Crippen LogP) is 1.56. The quantitative estimate of drug-likeness (QED) is 0.124. The van der Waals surface area contributed by atoms with Crippen LogP contribution in [0.1, 0.15) is 20.3 Å². The first-order valence-electron chi connectivity index (χ1n) is 7.17. The summed E-state index contributed by atoms with van der Waals surface area (Å²) in [7, 11) is 0. The lowest BCUT2D eigenvalue weighted by Crippen LogP contribution is -2.25. The number of hydrogen-bond donors (Lipinski definition) is 2. The van der Waals surface area contributed by atoms with Gasteiger partial charge in [-0.15, -0.1) is 0 Å². The van der Waals surface area contributed by atoms with E-state index in [1.807, 2.05) is 6.92 Å².